The molecule has 0 heterocycles. The van der Waals surface area contributed by atoms with Crippen molar-refractivity contribution in [3.05, 3.63) is 0 Å². The van der Waals surface area contributed by atoms with Gasteiger partial charge in [0.1, 0.15) is 0 Å². The van der Waals surface area contributed by atoms with E-state index in [0.717, 1.165) is 6.42 Å². The number of nitrogens with zero attached hydrogens (tertiary/aromatic N) is 1. The third kappa shape index (κ3) is 5.53. The molecule has 0 saturated heterocycles. The summed E-state index contributed by atoms with van der Waals surface area (Å²) in [7, 11) is 0. The predicted molar refractivity (Wildman–Crippen MR) is 51.2 cm³/mol. The molecular weight excluding hydrogens is 186 g/mol. The SMILES string of the molecule is CCC(C)N(CCC(=O)O)CC(=O)O. The van der Waals surface area contributed by atoms with E-state index in [1.165, 1.54) is 0 Å². The van der Waals surface area contributed by atoms with Crippen molar-refractivity contribution in [2.45, 2.75) is 32.7 Å². The van der Waals surface area contributed by atoms with Gasteiger partial charge in [0.2, 0.25) is 0 Å². The molecule has 14 heavy (non-hydrogen) atoms. The highest BCUT2D eigenvalue weighted by Gasteiger charge is 2.16. The molecule has 5 nitrogen and oxygen atoms in total. The van der Waals surface area contributed by atoms with Gasteiger partial charge in [0.15, 0.2) is 0 Å². The fraction of sp³-hybridized carbons (Fsp3) is 0.778. The maximum atomic E-state index is 10.5. The van der Waals surface area contributed by atoms with E-state index in [9.17, 15) is 9.59 Å². The van der Waals surface area contributed by atoms with Gasteiger partial charge in [0.25, 0.3) is 0 Å². The van der Waals surface area contributed by atoms with Crippen molar-refractivity contribution in [2.75, 3.05) is 13.1 Å². The Bertz CT molecular complexity index is 205. The van der Waals surface area contributed by atoms with Crippen LogP contribution in [0, 0.1) is 0 Å². The van der Waals surface area contributed by atoms with Gasteiger partial charge in [-0.1, -0.05) is 6.92 Å². The Morgan fingerprint density at radius 3 is 2.21 bits per heavy atom. The zero-order valence-electron chi connectivity index (χ0n) is 8.56. The lowest BCUT2D eigenvalue weighted by atomic mass is 10.2. The maximum absolute atomic E-state index is 10.5. The van der Waals surface area contributed by atoms with E-state index in [1.54, 1.807) is 4.90 Å². The van der Waals surface area contributed by atoms with Crippen LogP contribution >= 0.6 is 0 Å². The van der Waals surface area contributed by atoms with Crippen LogP contribution in [0.1, 0.15) is 26.7 Å². The fourth-order valence-corrected chi connectivity index (χ4v) is 1.13. The van der Waals surface area contributed by atoms with Crippen molar-refractivity contribution in [3.63, 3.8) is 0 Å². The van der Waals surface area contributed by atoms with Crippen LogP contribution in [0.15, 0.2) is 0 Å². The molecule has 0 saturated carbocycles. The average molecular weight is 203 g/mol. The molecule has 0 aromatic rings. The van der Waals surface area contributed by atoms with Gasteiger partial charge in [-0.15, -0.1) is 0 Å². The summed E-state index contributed by atoms with van der Waals surface area (Å²) < 4.78 is 0. The van der Waals surface area contributed by atoms with E-state index >= 15 is 0 Å². The molecule has 0 aromatic carbocycles. The first-order valence-corrected chi connectivity index (χ1v) is 4.65. The molecule has 0 amide bonds. The van der Waals surface area contributed by atoms with Gasteiger partial charge in [0, 0.05) is 12.6 Å². The molecule has 0 bridgehead atoms. The van der Waals surface area contributed by atoms with Gasteiger partial charge in [-0.3, -0.25) is 14.5 Å². The minimum atomic E-state index is -0.921. The molecule has 0 spiro atoms. The summed E-state index contributed by atoms with van der Waals surface area (Å²) in [5.41, 5.74) is 0. The van der Waals surface area contributed by atoms with Crippen molar-refractivity contribution < 1.29 is 19.8 Å². The number of carbonyl (C=O) groups is 2. The highest BCUT2D eigenvalue weighted by molar-refractivity contribution is 5.69. The Labute approximate surface area is 83.3 Å². The number of rotatable bonds is 7. The van der Waals surface area contributed by atoms with Gasteiger partial charge in [0.05, 0.1) is 13.0 Å². The lowest BCUT2D eigenvalue weighted by molar-refractivity contribution is -0.141. The molecule has 82 valence electrons. The number of hydrogen-bond donors (Lipinski definition) is 2. The van der Waals surface area contributed by atoms with Crippen molar-refractivity contribution in [1.82, 2.24) is 4.90 Å². The van der Waals surface area contributed by atoms with E-state index in [2.05, 4.69) is 0 Å². The highest BCUT2D eigenvalue weighted by Crippen LogP contribution is 2.03. The molecule has 0 aliphatic carbocycles. The lowest BCUT2D eigenvalue weighted by Crippen LogP contribution is -2.38. The Balaban J connectivity index is 4.09. The van der Waals surface area contributed by atoms with Crippen molar-refractivity contribution in [2.24, 2.45) is 0 Å². The van der Waals surface area contributed by atoms with E-state index < -0.39 is 11.9 Å². The molecule has 0 aliphatic rings. The number of hydrogen-bond acceptors (Lipinski definition) is 3. The summed E-state index contributed by atoms with van der Waals surface area (Å²) in [6, 6.07) is 0.102. The standard InChI is InChI=1S/C9H17NO4/c1-3-7(2)10(6-9(13)14)5-4-8(11)12/h7H,3-6H2,1-2H3,(H,11,12)(H,13,14). The Hall–Kier alpha value is -1.10. The second-order valence-electron chi connectivity index (χ2n) is 3.27. The summed E-state index contributed by atoms with van der Waals surface area (Å²) in [5, 5.41) is 17.1. The summed E-state index contributed by atoms with van der Waals surface area (Å²) in [5.74, 6) is -1.82. The number of carboxylic acids is 2. The van der Waals surface area contributed by atoms with E-state index in [1.807, 2.05) is 13.8 Å². The molecule has 5 heteroatoms. The van der Waals surface area contributed by atoms with Crippen LogP contribution in [0.5, 0.6) is 0 Å². The van der Waals surface area contributed by atoms with Crippen LogP contribution in [0.3, 0.4) is 0 Å². The molecule has 0 rings (SSSR count). The second-order valence-corrected chi connectivity index (χ2v) is 3.27. The first-order chi connectivity index (χ1) is 6.47. The summed E-state index contributed by atoms with van der Waals surface area (Å²) in [4.78, 5) is 22.5. The van der Waals surface area contributed by atoms with Crippen molar-refractivity contribution in [1.29, 1.82) is 0 Å². The van der Waals surface area contributed by atoms with Crippen LogP contribution in [-0.2, 0) is 9.59 Å². The first kappa shape index (κ1) is 12.9. The minimum Gasteiger partial charge on any atom is -0.481 e. The Morgan fingerprint density at radius 1 is 1.29 bits per heavy atom. The van der Waals surface area contributed by atoms with Crippen LogP contribution in [0.2, 0.25) is 0 Å². The summed E-state index contributed by atoms with van der Waals surface area (Å²) in [6.45, 7) is 4.03. The highest BCUT2D eigenvalue weighted by atomic mass is 16.4. The van der Waals surface area contributed by atoms with E-state index in [4.69, 9.17) is 10.2 Å². The summed E-state index contributed by atoms with van der Waals surface area (Å²) >= 11 is 0. The molecule has 0 aromatic heterocycles. The smallest absolute Gasteiger partial charge is 0.317 e. The van der Waals surface area contributed by atoms with Gasteiger partial charge >= 0.3 is 11.9 Å². The molecule has 1 atom stereocenters. The van der Waals surface area contributed by atoms with Crippen LogP contribution in [0.4, 0.5) is 0 Å². The number of aliphatic carboxylic acids is 2. The first-order valence-electron chi connectivity index (χ1n) is 4.65. The fourth-order valence-electron chi connectivity index (χ4n) is 1.13. The molecule has 0 radical (unpaired) electrons. The topological polar surface area (TPSA) is 77.8 Å². The average Bonchev–Trinajstić information content (AvgIpc) is 2.10. The monoisotopic (exact) mass is 203 g/mol. The largest absolute Gasteiger partial charge is 0.481 e. The van der Waals surface area contributed by atoms with Gasteiger partial charge < -0.3 is 10.2 Å². The maximum Gasteiger partial charge on any atom is 0.317 e. The zero-order valence-corrected chi connectivity index (χ0v) is 8.56. The molecule has 0 aliphatic heterocycles. The zero-order chi connectivity index (χ0) is 11.1. The van der Waals surface area contributed by atoms with E-state index in [-0.39, 0.29) is 25.6 Å². The van der Waals surface area contributed by atoms with Gasteiger partial charge in [-0.2, -0.15) is 0 Å². The third-order valence-corrected chi connectivity index (χ3v) is 2.17. The minimum absolute atomic E-state index is 0.0162. The Kier molecular flexibility index (Phi) is 5.87. The second kappa shape index (κ2) is 6.37. The molecule has 0 fully saturated rings. The van der Waals surface area contributed by atoms with Crippen molar-refractivity contribution in [3.8, 4) is 0 Å². The van der Waals surface area contributed by atoms with Crippen LogP contribution in [0.25, 0.3) is 0 Å². The predicted octanol–water partition coefficient (Wildman–Crippen LogP) is 0.646. The van der Waals surface area contributed by atoms with Gasteiger partial charge in [-0.25, -0.2) is 0 Å². The van der Waals surface area contributed by atoms with Crippen molar-refractivity contribution >= 4 is 11.9 Å². The van der Waals surface area contributed by atoms with Crippen LogP contribution < -0.4 is 0 Å². The normalized spacial score (nSPS) is 12.8. The molecular formula is C9H17NO4. The molecule has 2 N–H and O–H groups in total. The summed E-state index contributed by atoms with van der Waals surface area (Å²) in [6.07, 6.45) is 0.796. The number of carboxylic acid groups (broad SMARTS) is 2. The van der Waals surface area contributed by atoms with Gasteiger partial charge in [-0.05, 0) is 13.3 Å². The Morgan fingerprint density at radius 2 is 1.86 bits per heavy atom. The van der Waals surface area contributed by atoms with E-state index in [0.29, 0.717) is 0 Å². The van der Waals surface area contributed by atoms with Crippen LogP contribution in [-0.4, -0.2) is 46.2 Å². The third-order valence-electron chi connectivity index (χ3n) is 2.17. The lowest BCUT2D eigenvalue weighted by Gasteiger charge is -2.25. The molecule has 1 unspecified atom stereocenters. The quantitative estimate of drug-likeness (QED) is 0.635.